The largest absolute Gasteiger partial charge is 0.302 e. The van der Waals surface area contributed by atoms with Crippen molar-refractivity contribution in [3.05, 3.63) is 0 Å². The van der Waals surface area contributed by atoms with Gasteiger partial charge < -0.3 is 5.32 Å². The van der Waals surface area contributed by atoms with Crippen LogP contribution in [0.15, 0.2) is 0 Å². The number of hydrogen-bond donors (Lipinski definition) is 1. The molecule has 2 heteroatoms. The molecule has 2 fully saturated rings. The average molecular weight is 140 g/mol. The number of hydrogen-bond acceptors (Lipinski definition) is 2. The molecule has 2 aliphatic rings. The Morgan fingerprint density at radius 2 is 2.50 bits per heavy atom. The van der Waals surface area contributed by atoms with Crippen molar-refractivity contribution >= 4 is 0 Å². The standard InChI is InChI=1S/C8H16N2/c1-2-8-4-3-5-10(8)7-9-6-8/h9H,2-7H2,1H3/t8-/m0/s1. The van der Waals surface area contributed by atoms with Gasteiger partial charge in [-0.15, -0.1) is 0 Å². The van der Waals surface area contributed by atoms with Gasteiger partial charge in [-0.25, -0.2) is 0 Å². The van der Waals surface area contributed by atoms with Crippen molar-refractivity contribution in [3.8, 4) is 0 Å². The van der Waals surface area contributed by atoms with Crippen molar-refractivity contribution in [2.45, 2.75) is 31.7 Å². The molecule has 2 saturated heterocycles. The fraction of sp³-hybridized carbons (Fsp3) is 1.00. The summed E-state index contributed by atoms with van der Waals surface area (Å²) in [6, 6.07) is 0. The van der Waals surface area contributed by atoms with Gasteiger partial charge in [0.2, 0.25) is 0 Å². The summed E-state index contributed by atoms with van der Waals surface area (Å²) >= 11 is 0. The summed E-state index contributed by atoms with van der Waals surface area (Å²) < 4.78 is 0. The highest BCUT2D eigenvalue weighted by Gasteiger charge is 2.42. The van der Waals surface area contributed by atoms with E-state index in [0.29, 0.717) is 5.54 Å². The van der Waals surface area contributed by atoms with Crippen LogP contribution in [0.4, 0.5) is 0 Å². The molecule has 10 heavy (non-hydrogen) atoms. The van der Waals surface area contributed by atoms with E-state index in [9.17, 15) is 0 Å². The highest BCUT2D eigenvalue weighted by atomic mass is 15.4. The fourth-order valence-corrected chi connectivity index (χ4v) is 2.39. The van der Waals surface area contributed by atoms with Crippen LogP contribution in [0.5, 0.6) is 0 Å². The summed E-state index contributed by atoms with van der Waals surface area (Å²) in [5, 5.41) is 3.44. The molecule has 1 atom stereocenters. The van der Waals surface area contributed by atoms with Crippen LogP contribution in [0.3, 0.4) is 0 Å². The van der Waals surface area contributed by atoms with E-state index in [1.807, 2.05) is 0 Å². The molecule has 2 aliphatic heterocycles. The van der Waals surface area contributed by atoms with Crippen molar-refractivity contribution < 1.29 is 0 Å². The zero-order valence-corrected chi connectivity index (χ0v) is 6.69. The molecular formula is C8H16N2. The monoisotopic (exact) mass is 140 g/mol. The third-order valence-electron chi connectivity index (χ3n) is 3.16. The van der Waals surface area contributed by atoms with Crippen molar-refractivity contribution in [2.75, 3.05) is 19.8 Å². The first-order valence-electron chi connectivity index (χ1n) is 4.33. The summed E-state index contributed by atoms with van der Waals surface area (Å²) in [6.07, 6.45) is 4.14. The highest BCUT2D eigenvalue weighted by Crippen LogP contribution is 2.33. The van der Waals surface area contributed by atoms with Gasteiger partial charge in [-0.3, -0.25) is 4.90 Å². The Labute approximate surface area is 62.6 Å². The van der Waals surface area contributed by atoms with E-state index in [4.69, 9.17) is 0 Å². The highest BCUT2D eigenvalue weighted by molar-refractivity contribution is 4.99. The molecule has 0 aromatic carbocycles. The van der Waals surface area contributed by atoms with Crippen molar-refractivity contribution in [2.24, 2.45) is 0 Å². The van der Waals surface area contributed by atoms with Crippen LogP contribution in [-0.4, -0.2) is 30.2 Å². The summed E-state index contributed by atoms with van der Waals surface area (Å²) in [5.74, 6) is 0. The lowest BCUT2D eigenvalue weighted by molar-refractivity contribution is 0.200. The minimum Gasteiger partial charge on any atom is -0.302 e. The average Bonchev–Trinajstić information content (AvgIpc) is 2.42. The molecule has 2 nitrogen and oxygen atoms in total. The number of nitrogens with one attached hydrogen (secondary N) is 1. The number of fused-ring (bicyclic) bond motifs is 1. The normalized spacial score (nSPS) is 40.5. The predicted octanol–water partition coefficient (Wildman–Crippen LogP) is 0.792. The smallest absolute Gasteiger partial charge is 0.0486 e. The van der Waals surface area contributed by atoms with E-state index < -0.39 is 0 Å². The van der Waals surface area contributed by atoms with Gasteiger partial charge in [0.1, 0.15) is 0 Å². The SMILES string of the molecule is CC[C@@]12CCCN1CNC2. The van der Waals surface area contributed by atoms with Gasteiger partial charge in [-0.05, 0) is 19.3 Å². The third kappa shape index (κ3) is 0.722. The van der Waals surface area contributed by atoms with Crippen LogP contribution < -0.4 is 5.32 Å². The van der Waals surface area contributed by atoms with E-state index in [-0.39, 0.29) is 0 Å². The van der Waals surface area contributed by atoms with Crippen molar-refractivity contribution in [3.63, 3.8) is 0 Å². The molecule has 2 heterocycles. The van der Waals surface area contributed by atoms with Crippen LogP contribution in [0.1, 0.15) is 26.2 Å². The Kier molecular flexibility index (Phi) is 1.46. The Morgan fingerprint density at radius 1 is 1.60 bits per heavy atom. The summed E-state index contributed by atoms with van der Waals surface area (Å²) in [7, 11) is 0. The van der Waals surface area contributed by atoms with Crippen LogP contribution >= 0.6 is 0 Å². The van der Waals surface area contributed by atoms with Crippen molar-refractivity contribution in [1.82, 2.24) is 10.2 Å². The van der Waals surface area contributed by atoms with E-state index >= 15 is 0 Å². The first kappa shape index (κ1) is 6.62. The third-order valence-corrected chi connectivity index (χ3v) is 3.16. The summed E-state index contributed by atoms with van der Waals surface area (Å²) in [5.41, 5.74) is 0.569. The van der Waals surface area contributed by atoms with Gasteiger partial charge in [-0.2, -0.15) is 0 Å². The first-order valence-corrected chi connectivity index (χ1v) is 4.33. The molecule has 0 aromatic heterocycles. The quantitative estimate of drug-likeness (QED) is 0.579. The van der Waals surface area contributed by atoms with Gasteiger partial charge in [0.15, 0.2) is 0 Å². The number of nitrogens with zero attached hydrogens (tertiary/aromatic N) is 1. The Balaban J connectivity index is 2.15. The Hall–Kier alpha value is -0.0800. The van der Waals surface area contributed by atoms with Crippen molar-refractivity contribution in [1.29, 1.82) is 0 Å². The molecule has 0 aromatic rings. The van der Waals surface area contributed by atoms with Crippen LogP contribution in [-0.2, 0) is 0 Å². The fourth-order valence-electron chi connectivity index (χ4n) is 2.39. The van der Waals surface area contributed by atoms with E-state index in [2.05, 4.69) is 17.1 Å². The first-order chi connectivity index (χ1) is 4.87. The molecule has 0 amide bonds. The lowest BCUT2D eigenvalue weighted by Crippen LogP contribution is -2.39. The molecule has 0 bridgehead atoms. The van der Waals surface area contributed by atoms with Crippen LogP contribution in [0, 0.1) is 0 Å². The van der Waals surface area contributed by atoms with Gasteiger partial charge in [0.25, 0.3) is 0 Å². The lowest BCUT2D eigenvalue weighted by atomic mass is 9.94. The Bertz CT molecular complexity index is 123. The predicted molar refractivity (Wildman–Crippen MR) is 41.8 cm³/mol. The maximum atomic E-state index is 3.44. The van der Waals surface area contributed by atoms with E-state index in [0.717, 1.165) is 6.67 Å². The molecular weight excluding hydrogens is 124 g/mol. The van der Waals surface area contributed by atoms with Gasteiger partial charge >= 0.3 is 0 Å². The lowest BCUT2D eigenvalue weighted by Gasteiger charge is -2.29. The molecule has 1 N–H and O–H groups in total. The molecule has 0 unspecified atom stereocenters. The van der Waals surface area contributed by atoms with Gasteiger partial charge in [-0.1, -0.05) is 6.92 Å². The zero-order valence-electron chi connectivity index (χ0n) is 6.69. The number of rotatable bonds is 1. The zero-order chi connectivity index (χ0) is 7.03. The maximum Gasteiger partial charge on any atom is 0.0486 e. The summed E-state index contributed by atoms with van der Waals surface area (Å²) in [6.45, 7) is 5.99. The van der Waals surface area contributed by atoms with Crippen LogP contribution in [0.25, 0.3) is 0 Å². The molecule has 2 rings (SSSR count). The molecule has 58 valence electrons. The molecule has 0 aliphatic carbocycles. The molecule has 0 radical (unpaired) electrons. The second kappa shape index (κ2) is 2.21. The maximum absolute atomic E-state index is 3.44. The van der Waals surface area contributed by atoms with Gasteiger partial charge in [0, 0.05) is 25.3 Å². The topological polar surface area (TPSA) is 15.3 Å². The minimum absolute atomic E-state index is 0.569. The van der Waals surface area contributed by atoms with Crippen LogP contribution in [0.2, 0.25) is 0 Å². The minimum atomic E-state index is 0.569. The second-order valence-electron chi connectivity index (χ2n) is 3.53. The van der Waals surface area contributed by atoms with E-state index in [1.165, 1.54) is 32.4 Å². The van der Waals surface area contributed by atoms with Gasteiger partial charge in [0.05, 0.1) is 0 Å². The summed E-state index contributed by atoms with van der Waals surface area (Å²) in [4.78, 5) is 2.60. The second-order valence-corrected chi connectivity index (χ2v) is 3.53. The molecule has 0 saturated carbocycles. The Morgan fingerprint density at radius 3 is 3.20 bits per heavy atom. The molecule has 0 spiro atoms. The van der Waals surface area contributed by atoms with E-state index in [1.54, 1.807) is 0 Å².